The summed E-state index contributed by atoms with van der Waals surface area (Å²) in [5.74, 6) is 0.888. The monoisotopic (exact) mass is 551 g/mol. The quantitative estimate of drug-likeness (QED) is 0.459. The van der Waals surface area contributed by atoms with Crippen LogP contribution in [0.3, 0.4) is 0 Å². The maximum absolute atomic E-state index is 13.4. The van der Waals surface area contributed by atoms with Gasteiger partial charge in [0.05, 0.1) is 17.0 Å². The van der Waals surface area contributed by atoms with E-state index in [4.69, 9.17) is 9.26 Å². The molecule has 1 amide bonds. The summed E-state index contributed by atoms with van der Waals surface area (Å²) in [6.45, 7) is 3.00. The number of nitrogens with zero attached hydrogens (tertiary/aromatic N) is 5. The standard InChI is InChI=1S/C24H24F3N5O5S/c1-16-28-22(29-37-16)17-6-8-18(9-7-17)32-15-19(36-23(32)33)14-30-10-12-31(13-11-30)38(34,35)21-5-3-2-4-20(21)24(25,26)27/h2-9,19H,10-15H2,1H3. The van der Waals surface area contributed by atoms with Crippen LogP contribution >= 0.6 is 0 Å². The molecule has 0 radical (unpaired) electrons. The number of benzene rings is 2. The smallest absolute Gasteiger partial charge is 0.417 e. The first-order valence-corrected chi connectivity index (χ1v) is 13.2. The lowest BCUT2D eigenvalue weighted by atomic mass is 10.2. The minimum Gasteiger partial charge on any atom is -0.443 e. The topological polar surface area (TPSA) is 109 Å². The molecule has 1 aromatic heterocycles. The fourth-order valence-electron chi connectivity index (χ4n) is 4.54. The SMILES string of the molecule is Cc1nc(-c2ccc(N3CC(CN4CCN(S(=O)(=O)c5ccccc5C(F)(F)F)CC4)OC3=O)cc2)no1. The molecule has 0 bridgehead atoms. The number of aromatic nitrogens is 2. The lowest BCUT2D eigenvalue weighted by molar-refractivity contribution is -0.139. The molecule has 0 saturated carbocycles. The van der Waals surface area contributed by atoms with Crippen LogP contribution in [0.4, 0.5) is 23.7 Å². The molecule has 2 aliphatic heterocycles. The van der Waals surface area contributed by atoms with E-state index in [0.29, 0.717) is 43.6 Å². The molecule has 1 atom stereocenters. The predicted molar refractivity (Wildman–Crippen MR) is 129 cm³/mol. The van der Waals surface area contributed by atoms with Gasteiger partial charge in [0.2, 0.25) is 21.7 Å². The Morgan fingerprint density at radius 1 is 1.03 bits per heavy atom. The summed E-state index contributed by atoms with van der Waals surface area (Å²) in [7, 11) is -4.32. The van der Waals surface area contributed by atoms with E-state index < -0.39 is 38.9 Å². The van der Waals surface area contributed by atoms with Crippen LogP contribution < -0.4 is 4.90 Å². The number of cyclic esters (lactones) is 1. The summed E-state index contributed by atoms with van der Waals surface area (Å²) in [4.78, 5) is 19.4. The molecular weight excluding hydrogens is 527 g/mol. The fourth-order valence-corrected chi connectivity index (χ4v) is 6.17. The van der Waals surface area contributed by atoms with Gasteiger partial charge < -0.3 is 9.26 Å². The molecule has 0 aliphatic carbocycles. The summed E-state index contributed by atoms with van der Waals surface area (Å²) in [5.41, 5.74) is 0.196. The average molecular weight is 552 g/mol. The van der Waals surface area contributed by atoms with E-state index >= 15 is 0 Å². The highest BCUT2D eigenvalue weighted by atomic mass is 32.2. The van der Waals surface area contributed by atoms with Crippen molar-refractivity contribution in [3.8, 4) is 11.4 Å². The number of ether oxygens (including phenoxy) is 1. The van der Waals surface area contributed by atoms with E-state index in [1.165, 1.54) is 11.0 Å². The van der Waals surface area contributed by atoms with Crippen LogP contribution in [0.25, 0.3) is 11.4 Å². The molecule has 2 fully saturated rings. The van der Waals surface area contributed by atoms with Gasteiger partial charge in [-0.15, -0.1) is 0 Å². The van der Waals surface area contributed by atoms with Gasteiger partial charge in [-0.05, 0) is 36.4 Å². The largest absolute Gasteiger partial charge is 0.443 e. The lowest BCUT2D eigenvalue weighted by Gasteiger charge is -2.35. The molecule has 202 valence electrons. The van der Waals surface area contributed by atoms with Crippen LogP contribution in [-0.2, 0) is 20.9 Å². The number of rotatable bonds is 6. The number of halogens is 3. The van der Waals surface area contributed by atoms with Crippen molar-refractivity contribution >= 4 is 21.8 Å². The van der Waals surface area contributed by atoms with Crippen molar-refractivity contribution < 1.29 is 35.6 Å². The number of piperazine rings is 1. The van der Waals surface area contributed by atoms with Crippen molar-refractivity contribution in [3.63, 3.8) is 0 Å². The van der Waals surface area contributed by atoms with Crippen molar-refractivity contribution in [3.05, 3.63) is 60.0 Å². The van der Waals surface area contributed by atoms with Gasteiger partial charge in [0.1, 0.15) is 6.10 Å². The zero-order valence-electron chi connectivity index (χ0n) is 20.3. The van der Waals surface area contributed by atoms with Gasteiger partial charge in [-0.2, -0.15) is 22.5 Å². The number of aryl methyl sites for hydroxylation is 1. The molecule has 2 aliphatic rings. The van der Waals surface area contributed by atoms with Crippen LogP contribution in [0.5, 0.6) is 0 Å². The van der Waals surface area contributed by atoms with Gasteiger partial charge in [-0.25, -0.2) is 13.2 Å². The maximum atomic E-state index is 13.4. The highest BCUT2D eigenvalue weighted by Gasteiger charge is 2.40. The highest BCUT2D eigenvalue weighted by molar-refractivity contribution is 7.89. The Bertz CT molecular complexity index is 1420. The second-order valence-electron chi connectivity index (χ2n) is 9.00. The molecule has 3 aromatic rings. The van der Waals surface area contributed by atoms with Gasteiger partial charge in [0, 0.05) is 50.9 Å². The van der Waals surface area contributed by atoms with E-state index in [-0.39, 0.29) is 13.1 Å². The fraction of sp³-hybridized carbons (Fsp3) is 0.375. The van der Waals surface area contributed by atoms with Crippen molar-refractivity contribution in [2.75, 3.05) is 44.2 Å². The summed E-state index contributed by atoms with van der Waals surface area (Å²) in [6.07, 6.45) is -5.73. The zero-order chi connectivity index (χ0) is 27.1. The molecule has 3 heterocycles. The average Bonchev–Trinajstić information content (AvgIpc) is 3.49. The van der Waals surface area contributed by atoms with Gasteiger partial charge in [-0.3, -0.25) is 9.80 Å². The molecule has 5 rings (SSSR count). The van der Waals surface area contributed by atoms with Gasteiger partial charge in [0.25, 0.3) is 0 Å². The molecule has 38 heavy (non-hydrogen) atoms. The number of carbonyl (C=O) groups is 1. The van der Waals surface area contributed by atoms with Crippen LogP contribution in [0.1, 0.15) is 11.5 Å². The Morgan fingerprint density at radius 2 is 1.71 bits per heavy atom. The van der Waals surface area contributed by atoms with E-state index in [9.17, 15) is 26.4 Å². The number of hydrogen-bond acceptors (Lipinski definition) is 8. The van der Waals surface area contributed by atoms with Crippen molar-refractivity contribution in [1.29, 1.82) is 0 Å². The maximum Gasteiger partial charge on any atom is 0.417 e. The first-order chi connectivity index (χ1) is 18.0. The van der Waals surface area contributed by atoms with E-state index in [2.05, 4.69) is 10.1 Å². The second kappa shape index (κ2) is 10.0. The Labute approximate surface area is 216 Å². The number of alkyl halides is 3. The molecule has 10 nitrogen and oxygen atoms in total. The summed E-state index contributed by atoms with van der Waals surface area (Å²) in [5, 5.41) is 3.87. The Kier molecular flexibility index (Phi) is 6.88. The first-order valence-electron chi connectivity index (χ1n) is 11.8. The number of hydrogen-bond donors (Lipinski definition) is 0. The minimum absolute atomic E-state index is 0.0237. The van der Waals surface area contributed by atoms with Crippen LogP contribution in [0.15, 0.2) is 57.9 Å². The molecule has 2 aromatic carbocycles. The lowest BCUT2D eigenvalue weighted by Crippen LogP contribution is -2.50. The van der Waals surface area contributed by atoms with E-state index in [1.54, 1.807) is 31.2 Å². The number of sulfonamides is 1. The Morgan fingerprint density at radius 3 is 2.34 bits per heavy atom. The number of carbonyl (C=O) groups excluding carboxylic acids is 1. The predicted octanol–water partition coefficient (Wildman–Crippen LogP) is 3.40. The first kappa shape index (κ1) is 26.1. The van der Waals surface area contributed by atoms with Crippen LogP contribution in [-0.4, -0.2) is 79.2 Å². The van der Waals surface area contributed by atoms with Crippen LogP contribution in [0, 0.1) is 6.92 Å². The third-order valence-corrected chi connectivity index (χ3v) is 8.40. The van der Waals surface area contributed by atoms with Gasteiger partial charge >= 0.3 is 12.3 Å². The molecule has 14 heteroatoms. The summed E-state index contributed by atoms with van der Waals surface area (Å²) >= 11 is 0. The number of amides is 1. The van der Waals surface area contributed by atoms with E-state index in [0.717, 1.165) is 28.1 Å². The number of anilines is 1. The Hall–Kier alpha value is -3.49. The Balaban J connectivity index is 1.18. The normalized spacial score (nSPS) is 19.6. The minimum atomic E-state index is -4.78. The third kappa shape index (κ3) is 5.24. The van der Waals surface area contributed by atoms with Crippen molar-refractivity contribution in [1.82, 2.24) is 19.3 Å². The van der Waals surface area contributed by atoms with Crippen molar-refractivity contribution in [2.24, 2.45) is 0 Å². The molecule has 1 unspecified atom stereocenters. The second-order valence-corrected chi connectivity index (χ2v) is 10.9. The molecule has 2 saturated heterocycles. The summed E-state index contributed by atoms with van der Waals surface area (Å²) < 4.78 is 77.7. The zero-order valence-corrected chi connectivity index (χ0v) is 21.1. The highest BCUT2D eigenvalue weighted by Crippen LogP contribution is 2.35. The summed E-state index contributed by atoms with van der Waals surface area (Å²) in [6, 6.07) is 11.2. The van der Waals surface area contributed by atoms with Gasteiger partial charge in [0.15, 0.2) is 0 Å². The van der Waals surface area contributed by atoms with E-state index in [1.807, 2.05) is 4.90 Å². The molecule has 0 spiro atoms. The van der Waals surface area contributed by atoms with Gasteiger partial charge in [-0.1, -0.05) is 17.3 Å². The van der Waals surface area contributed by atoms with Crippen LogP contribution in [0.2, 0.25) is 0 Å². The third-order valence-electron chi connectivity index (χ3n) is 6.44. The van der Waals surface area contributed by atoms with Crippen molar-refractivity contribution in [2.45, 2.75) is 24.1 Å². The molecular formula is C24H24F3N5O5S. The molecule has 0 N–H and O–H groups in total.